The van der Waals surface area contributed by atoms with Crippen molar-refractivity contribution in [1.29, 1.82) is 0 Å². The Hall–Kier alpha value is -2.04. The average molecular weight is 449 g/mol. The molecule has 0 radical (unpaired) electrons. The molecular formula is C24H30Cl2N2O2. The number of benzene rings is 2. The number of amides is 2. The lowest BCUT2D eigenvalue weighted by molar-refractivity contribution is -0.140. The molecule has 0 bridgehead atoms. The second-order valence-electron chi connectivity index (χ2n) is 7.39. The zero-order chi connectivity index (χ0) is 22.1. The summed E-state index contributed by atoms with van der Waals surface area (Å²) in [6, 6.07) is 12.5. The lowest BCUT2D eigenvalue weighted by atomic mass is 10.0. The first-order valence-electron chi connectivity index (χ1n) is 10.4. The largest absolute Gasteiger partial charge is 0.354 e. The molecule has 0 unspecified atom stereocenters. The Morgan fingerprint density at radius 3 is 2.30 bits per heavy atom. The molecular weight excluding hydrogens is 419 g/mol. The average Bonchev–Trinajstić information content (AvgIpc) is 2.72. The van der Waals surface area contributed by atoms with Gasteiger partial charge >= 0.3 is 0 Å². The summed E-state index contributed by atoms with van der Waals surface area (Å²) in [7, 11) is 0. The highest BCUT2D eigenvalue weighted by Crippen LogP contribution is 2.26. The minimum atomic E-state index is -0.560. The number of halogens is 2. The van der Waals surface area contributed by atoms with Crippen LogP contribution in [0.1, 0.15) is 49.8 Å². The summed E-state index contributed by atoms with van der Waals surface area (Å²) in [5.74, 6) is -0.302. The molecule has 0 aliphatic heterocycles. The smallest absolute Gasteiger partial charge is 0.242 e. The molecule has 0 fully saturated rings. The summed E-state index contributed by atoms with van der Waals surface area (Å²) >= 11 is 12.6. The van der Waals surface area contributed by atoms with Crippen molar-refractivity contribution in [3.63, 3.8) is 0 Å². The summed E-state index contributed by atoms with van der Waals surface area (Å²) in [6.45, 7) is 6.96. The second-order valence-corrected chi connectivity index (χ2v) is 8.21. The van der Waals surface area contributed by atoms with Gasteiger partial charge in [0, 0.05) is 23.1 Å². The molecule has 0 aliphatic carbocycles. The van der Waals surface area contributed by atoms with Crippen molar-refractivity contribution in [3.05, 3.63) is 69.2 Å². The fourth-order valence-corrected chi connectivity index (χ4v) is 3.88. The predicted molar refractivity (Wildman–Crippen MR) is 124 cm³/mol. The van der Waals surface area contributed by atoms with Gasteiger partial charge in [-0.3, -0.25) is 9.59 Å². The zero-order valence-corrected chi connectivity index (χ0v) is 19.4. The van der Waals surface area contributed by atoms with Gasteiger partial charge in [0.05, 0.1) is 6.42 Å². The SMILES string of the molecule is CCCCNC(=O)[C@@H](CC)N(Cc1ccccc1C)C(=O)Cc1c(Cl)cccc1Cl. The van der Waals surface area contributed by atoms with Crippen LogP contribution in [0, 0.1) is 6.92 Å². The number of rotatable bonds is 10. The van der Waals surface area contributed by atoms with Crippen molar-refractivity contribution in [2.75, 3.05) is 6.54 Å². The van der Waals surface area contributed by atoms with E-state index in [1.165, 1.54) is 0 Å². The van der Waals surface area contributed by atoms with E-state index in [1.54, 1.807) is 23.1 Å². The molecule has 1 N–H and O–H groups in total. The quantitative estimate of drug-likeness (QED) is 0.483. The van der Waals surface area contributed by atoms with E-state index < -0.39 is 6.04 Å². The molecule has 0 saturated heterocycles. The third kappa shape index (κ3) is 6.48. The Bertz CT molecular complexity index is 850. The van der Waals surface area contributed by atoms with Crippen LogP contribution >= 0.6 is 23.2 Å². The highest BCUT2D eigenvalue weighted by molar-refractivity contribution is 6.36. The third-order valence-corrected chi connectivity index (χ3v) is 5.92. The minimum absolute atomic E-state index is 0.0448. The van der Waals surface area contributed by atoms with Crippen LogP contribution in [-0.2, 0) is 22.6 Å². The number of hydrogen-bond acceptors (Lipinski definition) is 2. The molecule has 0 saturated carbocycles. The van der Waals surface area contributed by atoms with Crippen molar-refractivity contribution in [2.45, 2.75) is 59.0 Å². The van der Waals surface area contributed by atoms with Crippen LogP contribution in [0.3, 0.4) is 0 Å². The van der Waals surface area contributed by atoms with Crippen LogP contribution in [0.25, 0.3) is 0 Å². The van der Waals surface area contributed by atoms with E-state index in [1.807, 2.05) is 38.1 Å². The number of carbonyl (C=O) groups excluding carboxylic acids is 2. The molecule has 0 heterocycles. The second kappa shape index (κ2) is 12.0. The van der Waals surface area contributed by atoms with Gasteiger partial charge in [-0.2, -0.15) is 0 Å². The van der Waals surface area contributed by atoms with Crippen LogP contribution in [0.4, 0.5) is 0 Å². The maximum atomic E-state index is 13.4. The number of carbonyl (C=O) groups is 2. The van der Waals surface area contributed by atoms with Gasteiger partial charge in [-0.05, 0) is 48.6 Å². The lowest BCUT2D eigenvalue weighted by Gasteiger charge is -2.31. The van der Waals surface area contributed by atoms with Gasteiger partial charge in [0.25, 0.3) is 0 Å². The van der Waals surface area contributed by atoms with E-state index in [0.717, 1.165) is 24.0 Å². The normalized spacial score (nSPS) is 11.8. The summed E-state index contributed by atoms with van der Waals surface area (Å²) < 4.78 is 0. The van der Waals surface area contributed by atoms with Crippen LogP contribution < -0.4 is 5.32 Å². The molecule has 30 heavy (non-hydrogen) atoms. The molecule has 162 valence electrons. The monoisotopic (exact) mass is 448 g/mol. The maximum Gasteiger partial charge on any atom is 0.242 e. The Morgan fingerprint density at radius 1 is 1.03 bits per heavy atom. The van der Waals surface area contributed by atoms with E-state index in [9.17, 15) is 9.59 Å². The van der Waals surface area contributed by atoms with E-state index in [2.05, 4.69) is 12.2 Å². The van der Waals surface area contributed by atoms with Crippen molar-refractivity contribution >= 4 is 35.0 Å². The van der Waals surface area contributed by atoms with Crippen LogP contribution in [0.15, 0.2) is 42.5 Å². The van der Waals surface area contributed by atoms with Gasteiger partial charge in [0.15, 0.2) is 0 Å². The van der Waals surface area contributed by atoms with E-state index in [4.69, 9.17) is 23.2 Å². The van der Waals surface area contributed by atoms with E-state index in [-0.39, 0.29) is 18.2 Å². The lowest BCUT2D eigenvalue weighted by Crippen LogP contribution is -2.49. The molecule has 1 atom stereocenters. The summed E-state index contributed by atoms with van der Waals surface area (Å²) in [6.07, 6.45) is 2.46. The van der Waals surface area contributed by atoms with Gasteiger partial charge in [0.2, 0.25) is 11.8 Å². The van der Waals surface area contributed by atoms with Gasteiger partial charge in [0.1, 0.15) is 6.04 Å². The molecule has 0 aliphatic rings. The Balaban J connectivity index is 2.32. The fraction of sp³-hybridized carbons (Fsp3) is 0.417. The van der Waals surface area contributed by atoms with Crippen molar-refractivity contribution < 1.29 is 9.59 Å². The van der Waals surface area contributed by atoms with E-state index >= 15 is 0 Å². The van der Waals surface area contributed by atoms with E-state index in [0.29, 0.717) is 35.1 Å². The number of unbranched alkanes of at least 4 members (excludes halogenated alkanes) is 1. The van der Waals surface area contributed by atoms with Gasteiger partial charge in [-0.1, -0.05) is 73.8 Å². The number of aryl methyl sites for hydroxylation is 1. The maximum absolute atomic E-state index is 13.4. The Labute approximate surface area is 189 Å². The van der Waals surface area contributed by atoms with Crippen LogP contribution in [0.5, 0.6) is 0 Å². The van der Waals surface area contributed by atoms with Crippen LogP contribution in [-0.4, -0.2) is 29.3 Å². The molecule has 2 rings (SSSR count). The van der Waals surface area contributed by atoms with Crippen molar-refractivity contribution in [3.8, 4) is 0 Å². The van der Waals surface area contributed by atoms with Crippen molar-refractivity contribution in [1.82, 2.24) is 10.2 Å². The predicted octanol–water partition coefficient (Wildman–Crippen LogP) is 5.57. The molecule has 2 aromatic rings. The first-order chi connectivity index (χ1) is 14.4. The zero-order valence-electron chi connectivity index (χ0n) is 17.9. The Kier molecular flexibility index (Phi) is 9.67. The van der Waals surface area contributed by atoms with Gasteiger partial charge < -0.3 is 10.2 Å². The molecule has 0 spiro atoms. The summed E-state index contributed by atoms with van der Waals surface area (Å²) in [5.41, 5.74) is 2.67. The number of nitrogens with zero attached hydrogens (tertiary/aromatic N) is 1. The minimum Gasteiger partial charge on any atom is -0.354 e. The van der Waals surface area contributed by atoms with Gasteiger partial charge in [-0.15, -0.1) is 0 Å². The van der Waals surface area contributed by atoms with Gasteiger partial charge in [-0.25, -0.2) is 0 Å². The first kappa shape index (κ1) is 24.2. The first-order valence-corrected chi connectivity index (χ1v) is 11.2. The highest BCUT2D eigenvalue weighted by atomic mass is 35.5. The summed E-state index contributed by atoms with van der Waals surface area (Å²) in [4.78, 5) is 28.0. The number of hydrogen-bond donors (Lipinski definition) is 1. The molecule has 4 nitrogen and oxygen atoms in total. The fourth-order valence-electron chi connectivity index (χ4n) is 3.35. The standard InChI is InChI=1S/C24H30Cl2N2O2/c1-4-6-14-27-24(30)22(5-2)28(16-18-11-8-7-10-17(18)3)23(29)15-19-20(25)12-9-13-21(19)26/h7-13,22H,4-6,14-16H2,1-3H3,(H,27,30)/t22-/m1/s1. The summed E-state index contributed by atoms with van der Waals surface area (Å²) in [5, 5.41) is 3.87. The molecule has 6 heteroatoms. The topological polar surface area (TPSA) is 49.4 Å². The highest BCUT2D eigenvalue weighted by Gasteiger charge is 2.29. The molecule has 0 aromatic heterocycles. The molecule has 2 amide bonds. The number of nitrogens with one attached hydrogen (secondary N) is 1. The third-order valence-electron chi connectivity index (χ3n) is 5.21. The Morgan fingerprint density at radius 2 is 1.70 bits per heavy atom. The molecule has 2 aromatic carbocycles. The van der Waals surface area contributed by atoms with Crippen LogP contribution in [0.2, 0.25) is 10.0 Å². The van der Waals surface area contributed by atoms with Crippen molar-refractivity contribution in [2.24, 2.45) is 0 Å².